The highest BCUT2D eigenvalue weighted by Gasteiger charge is 2.26. The Morgan fingerprint density at radius 1 is 1.45 bits per heavy atom. The van der Waals surface area contributed by atoms with Gasteiger partial charge in [-0.3, -0.25) is 14.6 Å². The first-order chi connectivity index (χ1) is 9.47. The third-order valence-electron chi connectivity index (χ3n) is 2.95. The number of nitrogens with one attached hydrogen (secondary N) is 2. The van der Waals surface area contributed by atoms with Gasteiger partial charge < -0.3 is 16.4 Å². The number of hydrogen-bond acceptors (Lipinski definition) is 4. The van der Waals surface area contributed by atoms with Crippen LogP contribution in [-0.4, -0.2) is 33.9 Å². The van der Waals surface area contributed by atoms with Crippen LogP contribution in [-0.2, 0) is 4.79 Å². The van der Waals surface area contributed by atoms with Gasteiger partial charge in [0.25, 0.3) is 5.91 Å². The Morgan fingerprint density at radius 2 is 2.15 bits per heavy atom. The smallest absolute Gasteiger partial charge is 0.270 e. The zero-order valence-electron chi connectivity index (χ0n) is 11.1. The van der Waals surface area contributed by atoms with Crippen molar-refractivity contribution in [2.45, 2.75) is 31.8 Å². The lowest BCUT2D eigenvalue weighted by Gasteiger charge is -2.13. The molecule has 1 aromatic heterocycles. The van der Waals surface area contributed by atoms with E-state index in [4.69, 9.17) is 18.0 Å². The van der Waals surface area contributed by atoms with Crippen LogP contribution < -0.4 is 16.4 Å². The van der Waals surface area contributed by atoms with E-state index in [0.29, 0.717) is 5.56 Å². The Bertz CT molecular complexity index is 540. The van der Waals surface area contributed by atoms with Crippen molar-refractivity contribution in [2.75, 3.05) is 0 Å². The zero-order valence-corrected chi connectivity index (χ0v) is 11.9. The van der Waals surface area contributed by atoms with Crippen molar-refractivity contribution in [3.63, 3.8) is 0 Å². The highest BCUT2D eigenvalue weighted by molar-refractivity contribution is 7.80. The molecule has 106 valence electrons. The van der Waals surface area contributed by atoms with Crippen LogP contribution in [0.1, 0.15) is 35.8 Å². The number of amides is 2. The molecule has 1 aliphatic carbocycles. The first-order valence-corrected chi connectivity index (χ1v) is 6.75. The van der Waals surface area contributed by atoms with Crippen LogP contribution in [0.5, 0.6) is 0 Å². The molecule has 6 nitrogen and oxygen atoms in total. The topological polar surface area (TPSA) is 97.1 Å². The lowest BCUT2D eigenvalue weighted by atomic mass is 10.2. The molecule has 1 heterocycles. The molecule has 1 saturated carbocycles. The van der Waals surface area contributed by atoms with Gasteiger partial charge in [-0.2, -0.15) is 0 Å². The largest absolute Gasteiger partial charge is 0.389 e. The first kappa shape index (κ1) is 14.4. The van der Waals surface area contributed by atoms with E-state index in [9.17, 15) is 9.59 Å². The lowest BCUT2D eigenvalue weighted by Crippen LogP contribution is -2.45. The molecule has 0 bridgehead atoms. The molecule has 2 rings (SSSR count). The van der Waals surface area contributed by atoms with Gasteiger partial charge in [-0.25, -0.2) is 0 Å². The highest BCUT2D eigenvalue weighted by atomic mass is 32.1. The van der Waals surface area contributed by atoms with Crippen LogP contribution in [0.25, 0.3) is 0 Å². The van der Waals surface area contributed by atoms with E-state index in [1.165, 1.54) is 12.3 Å². The number of nitrogens with two attached hydrogens (primary N) is 1. The SMILES string of the molecule is CC(NC(=O)c1ccc(C(N)=S)cn1)C(=O)NC1CC1. The zero-order chi connectivity index (χ0) is 14.7. The maximum Gasteiger partial charge on any atom is 0.270 e. The van der Waals surface area contributed by atoms with Crippen molar-refractivity contribution in [3.8, 4) is 0 Å². The van der Waals surface area contributed by atoms with Crippen LogP contribution in [0.3, 0.4) is 0 Å². The molecule has 1 aromatic rings. The van der Waals surface area contributed by atoms with Gasteiger partial charge in [-0.15, -0.1) is 0 Å². The molecule has 0 saturated heterocycles. The molecule has 0 radical (unpaired) electrons. The summed E-state index contributed by atoms with van der Waals surface area (Å²) in [5.41, 5.74) is 6.26. The lowest BCUT2D eigenvalue weighted by molar-refractivity contribution is -0.122. The minimum atomic E-state index is -0.597. The van der Waals surface area contributed by atoms with Crippen LogP contribution in [0.4, 0.5) is 0 Å². The average Bonchev–Trinajstić information content (AvgIpc) is 3.22. The average molecular weight is 292 g/mol. The number of aromatic nitrogens is 1. The van der Waals surface area contributed by atoms with E-state index in [1.54, 1.807) is 13.0 Å². The summed E-state index contributed by atoms with van der Waals surface area (Å²) in [5.74, 6) is -0.585. The molecule has 1 fully saturated rings. The Hall–Kier alpha value is -2.02. The summed E-state index contributed by atoms with van der Waals surface area (Å²) in [6.07, 6.45) is 3.45. The van der Waals surface area contributed by atoms with Gasteiger partial charge in [0.15, 0.2) is 0 Å². The molecule has 1 aliphatic rings. The quantitative estimate of drug-likeness (QED) is 0.669. The minimum Gasteiger partial charge on any atom is -0.389 e. The van der Waals surface area contributed by atoms with Crippen LogP contribution >= 0.6 is 12.2 Å². The monoisotopic (exact) mass is 292 g/mol. The second-order valence-electron chi connectivity index (χ2n) is 4.77. The standard InChI is InChI=1S/C13H16N4O2S/c1-7(12(18)17-9-3-4-9)16-13(19)10-5-2-8(6-15-10)11(14)20/h2,5-7,9H,3-4H2,1H3,(H2,14,20)(H,16,19)(H,17,18). The number of nitrogens with zero attached hydrogens (tertiary/aromatic N) is 1. The van der Waals surface area contributed by atoms with E-state index >= 15 is 0 Å². The summed E-state index contributed by atoms with van der Waals surface area (Å²) < 4.78 is 0. The van der Waals surface area contributed by atoms with Crippen LogP contribution in [0.2, 0.25) is 0 Å². The van der Waals surface area contributed by atoms with Crippen molar-refractivity contribution in [3.05, 3.63) is 29.6 Å². The highest BCUT2D eigenvalue weighted by Crippen LogP contribution is 2.18. The van der Waals surface area contributed by atoms with E-state index in [1.807, 2.05) is 0 Å². The van der Waals surface area contributed by atoms with Gasteiger partial charge in [0.05, 0.1) is 0 Å². The van der Waals surface area contributed by atoms with E-state index in [2.05, 4.69) is 15.6 Å². The number of thiocarbonyl (C=S) groups is 1. The van der Waals surface area contributed by atoms with Gasteiger partial charge in [0, 0.05) is 17.8 Å². The fourth-order valence-electron chi connectivity index (χ4n) is 1.56. The van der Waals surface area contributed by atoms with E-state index in [0.717, 1.165) is 12.8 Å². The first-order valence-electron chi connectivity index (χ1n) is 6.34. The second kappa shape index (κ2) is 5.96. The predicted octanol–water partition coefficient (Wildman–Crippen LogP) is 0.113. The van der Waals surface area contributed by atoms with Gasteiger partial charge in [0.2, 0.25) is 5.91 Å². The molecule has 2 amide bonds. The van der Waals surface area contributed by atoms with E-state index < -0.39 is 11.9 Å². The summed E-state index contributed by atoms with van der Waals surface area (Å²) in [6.45, 7) is 1.64. The molecule has 0 spiro atoms. The van der Waals surface area contributed by atoms with Gasteiger partial charge in [0.1, 0.15) is 16.7 Å². The fourth-order valence-corrected chi connectivity index (χ4v) is 1.68. The molecular formula is C13H16N4O2S. The van der Waals surface area contributed by atoms with Crippen molar-refractivity contribution < 1.29 is 9.59 Å². The maximum absolute atomic E-state index is 11.9. The van der Waals surface area contributed by atoms with Crippen molar-refractivity contribution in [1.29, 1.82) is 0 Å². The van der Waals surface area contributed by atoms with Crippen molar-refractivity contribution in [1.82, 2.24) is 15.6 Å². The predicted molar refractivity (Wildman–Crippen MR) is 78.2 cm³/mol. The Morgan fingerprint density at radius 3 is 2.65 bits per heavy atom. The normalized spacial score (nSPS) is 15.2. The summed E-state index contributed by atoms with van der Waals surface area (Å²) in [4.78, 5) is 27.8. The third-order valence-corrected chi connectivity index (χ3v) is 3.18. The summed E-state index contributed by atoms with van der Waals surface area (Å²) in [6, 6.07) is 2.82. The fraction of sp³-hybridized carbons (Fsp3) is 0.385. The Labute approximate surface area is 122 Å². The van der Waals surface area contributed by atoms with Gasteiger partial charge >= 0.3 is 0 Å². The molecule has 1 atom stereocenters. The summed E-state index contributed by atoms with van der Waals surface area (Å²) >= 11 is 4.81. The molecule has 0 aliphatic heterocycles. The van der Waals surface area contributed by atoms with Gasteiger partial charge in [-0.1, -0.05) is 12.2 Å². The van der Waals surface area contributed by atoms with Crippen molar-refractivity contribution in [2.24, 2.45) is 5.73 Å². The van der Waals surface area contributed by atoms with Crippen LogP contribution in [0, 0.1) is 0 Å². The molecule has 0 aromatic carbocycles. The van der Waals surface area contributed by atoms with E-state index in [-0.39, 0.29) is 22.6 Å². The Balaban J connectivity index is 1.92. The van der Waals surface area contributed by atoms with Gasteiger partial charge in [-0.05, 0) is 31.9 Å². The number of rotatable bonds is 5. The van der Waals surface area contributed by atoms with Crippen molar-refractivity contribution >= 4 is 29.0 Å². The Kier molecular flexibility index (Phi) is 4.29. The maximum atomic E-state index is 11.9. The number of hydrogen-bond donors (Lipinski definition) is 3. The molecular weight excluding hydrogens is 276 g/mol. The summed E-state index contributed by atoms with van der Waals surface area (Å²) in [7, 11) is 0. The molecule has 1 unspecified atom stereocenters. The third kappa shape index (κ3) is 3.74. The molecule has 4 N–H and O–H groups in total. The molecule has 7 heteroatoms. The minimum absolute atomic E-state index is 0.180. The number of carbonyl (C=O) groups is 2. The number of carbonyl (C=O) groups excluding carboxylic acids is 2. The summed E-state index contributed by atoms with van der Waals surface area (Å²) in [5, 5.41) is 5.43. The van der Waals surface area contributed by atoms with Crippen LogP contribution in [0.15, 0.2) is 18.3 Å². The number of pyridine rings is 1. The second-order valence-corrected chi connectivity index (χ2v) is 5.21. The molecule has 20 heavy (non-hydrogen) atoms.